The number of hydrogen-bond donors (Lipinski definition) is 2. The molecule has 0 aromatic carbocycles. The highest BCUT2D eigenvalue weighted by Gasteiger charge is 2.11. The molecule has 1 aliphatic rings. The van der Waals surface area contributed by atoms with Gasteiger partial charge in [0, 0.05) is 25.8 Å². The first-order valence-corrected chi connectivity index (χ1v) is 10.3. The second-order valence-electron chi connectivity index (χ2n) is 7.22. The summed E-state index contributed by atoms with van der Waals surface area (Å²) in [4.78, 5) is 16.1. The van der Waals surface area contributed by atoms with E-state index in [4.69, 9.17) is 9.41 Å². The summed E-state index contributed by atoms with van der Waals surface area (Å²) in [5.41, 5.74) is 2.09. The SMILES string of the molecule is CCNC(=NCc1ccnc(N2CCCCCC2)c1)NCc1nc(C)c(C)o1. The van der Waals surface area contributed by atoms with Gasteiger partial charge in [0.1, 0.15) is 11.6 Å². The van der Waals surface area contributed by atoms with Crippen molar-refractivity contribution < 1.29 is 4.42 Å². The monoisotopic (exact) mass is 384 g/mol. The van der Waals surface area contributed by atoms with Gasteiger partial charge in [0.05, 0.1) is 18.8 Å². The molecule has 1 saturated heterocycles. The summed E-state index contributed by atoms with van der Waals surface area (Å²) < 4.78 is 5.63. The van der Waals surface area contributed by atoms with Crippen molar-refractivity contribution in [2.45, 2.75) is 59.5 Å². The number of aliphatic imine (C=N–C) groups is 1. The Kier molecular flexibility index (Phi) is 7.28. The molecule has 3 heterocycles. The van der Waals surface area contributed by atoms with Gasteiger partial charge >= 0.3 is 0 Å². The molecule has 0 radical (unpaired) electrons. The number of pyridine rings is 1. The Morgan fingerprint density at radius 3 is 2.64 bits per heavy atom. The number of guanidine groups is 1. The Bertz CT molecular complexity index is 757. The number of nitrogens with one attached hydrogen (secondary N) is 2. The lowest BCUT2D eigenvalue weighted by atomic mass is 10.2. The third kappa shape index (κ3) is 5.71. The average molecular weight is 385 g/mol. The summed E-state index contributed by atoms with van der Waals surface area (Å²) in [5, 5.41) is 6.56. The fraction of sp³-hybridized carbons (Fsp3) is 0.571. The van der Waals surface area contributed by atoms with Crippen LogP contribution in [-0.2, 0) is 13.1 Å². The molecule has 1 aliphatic heterocycles. The van der Waals surface area contributed by atoms with Crippen LogP contribution >= 0.6 is 0 Å². The maximum absolute atomic E-state index is 5.63. The standard InChI is InChI=1S/C21H32N6O/c1-4-22-21(25-15-20-26-16(2)17(3)28-20)24-14-18-9-10-23-19(13-18)27-11-7-5-6-8-12-27/h9-10,13H,4-8,11-12,14-15H2,1-3H3,(H2,22,24,25). The quantitative estimate of drug-likeness (QED) is 0.588. The van der Waals surface area contributed by atoms with E-state index in [-0.39, 0.29) is 0 Å². The van der Waals surface area contributed by atoms with Crippen LogP contribution in [0.25, 0.3) is 0 Å². The van der Waals surface area contributed by atoms with Crippen LogP contribution in [0.15, 0.2) is 27.7 Å². The number of oxazole rings is 1. The Labute approximate surface area is 167 Å². The molecule has 7 heteroatoms. The number of nitrogens with zero attached hydrogens (tertiary/aromatic N) is 4. The second kappa shape index (κ2) is 10.1. The van der Waals surface area contributed by atoms with Crippen LogP contribution < -0.4 is 15.5 Å². The molecule has 0 spiro atoms. The normalized spacial score (nSPS) is 15.4. The molecule has 3 rings (SSSR count). The van der Waals surface area contributed by atoms with Gasteiger partial charge in [-0.3, -0.25) is 0 Å². The van der Waals surface area contributed by atoms with E-state index in [1.165, 1.54) is 25.7 Å². The molecule has 0 amide bonds. The van der Waals surface area contributed by atoms with Crippen LogP contribution in [0.3, 0.4) is 0 Å². The van der Waals surface area contributed by atoms with Crippen LogP contribution in [0, 0.1) is 13.8 Å². The van der Waals surface area contributed by atoms with Crippen molar-refractivity contribution in [2.75, 3.05) is 24.5 Å². The number of aryl methyl sites for hydroxylation is 2. The zero-order valence-electron chi connectivity index (χ0n) is 17.3. The Balaban J connectivity index is 1.62. The molecule has 7 nitrogen and oxygen atoms in total. The zero-order chi connectivity index (χ0) is 19.8. The summed E-state index contributed by atoms with van der Waals surface area (Å²) in [7, 11) is 0. The van der Waals surface area contributed by atoms with Crippen molar-refractivity contribution in [3.05, 3.63) is 41.2 Å². The fourth-order valence-electron chi connectivity index (χ4n) is 3.32. The van der Waals surface area contributed by atoms with Crippen molar-refractivity contribution in [1.29, 1.82) is 0 Å². The van der Waals surface area contributed by atoms with E-state index in [9.17, 15) is 0 Å². The summed E-state index contributed by atoms with van der Waals surface area (Å²) in [6.07, 6.45) is 7.03. The smallest absolute Gasteiger partial charge is 0.214 e. The van der Waals surface area contributed by atoms with Crippen molar-refractivity contribution >= 4 is 11.8 Å². The van der Waals surface area contributed by atoms with Gasteiger partial charge in [-0.25, -0.2) is 15.0 Å². The topological polar surface area (TPSA) is 78.6 Å². The highest BCUT2D eigenvalue weighted by Crippen LogP contribution is 2.18. The molecular formula is C21H32N6O. The molecule has 28 heavy (non-hydrogen) atoms. The Morgan fingerprint density at radius 1 is 1.18 bits per heavy atom. The first-order chi connectivity index (χ1) is 13.7. The molecular weight excluding hydrogens is 352 g/mol. The molecule has 0 atom stereocenters. The van der Waals surface area contributed by atoms with E-state index in [0.29, 0.717) is 19.0 Å². The largest absolute Gasteiger partial charge is 0.444 e. The van der Waals surface area contributed by atoms with Gasteiger partial charge < -0.3 is 20.0 Å². The predicted molar refractivity (Wildman–Crippen MR) is 113 cm³/mol. The third-order valence-corrected chi connectivity index (χ3v) is 4.98. The number of aromatic nitrogens is 2. The number of hydrogen-bond acceptors (Lipinski definition) is 5. The van der Waals surface area contributed by atoms with Gasteiger partial charge in [0.15, 0.2) is 5.96 Å². The summed E-state index contributed by atoms with van der Waals surface area (Å²) in [6, 6.07) is 4.20. The van der Waals surface area contributed by atoms with Gasteiger partial charge in [0.25, 0.3) is 0 Å². The molecule has 152 valence electrons. The minimum Gasteiger partial charge on any atom is -0.444 e. The van der Waals surface area contributed by atoms with Crippen molar-refractivity contribution in [3.63, 3.8) is 0 Å². The van der Waals surface area contributed by atoms with E-state index in [1.807, 2.05) is 26.1 Å². The van der Waals surface area contributed by atoms with Gasteiger partial charge in [-0.15, -0.1) is 0 Å². The van der Waals surface area contributed by atoms with Crippen molar-refractivity contribution in [3.8, 4) is 0 Å². The average Bonchev–Trinajstić information content (AvgIpc) is 2.90. The molecule has 2 N–H and O–H groups in total. The van der Waals surface area contributed by atoms with Crippen LogP contribution in [0.4, 0.5) is 5.82 Å². The number of anilines is 1. The van der Waals surface area contributed by atoms with Gasteiger partial charge in [0.2, 0.25) is 5.89 Å². The lowest BCUT2D eigenvalue weighted by molar-refractivity contribution is 0.463. The second-order valence-corrected chi connectivity index (χ2v) is 7.22. The van der Waals surface area contributed by atoms with Crippen molar-refractivity contribution in [2.24, 2.45) is 4.99 Å². The molecule has 2 aromatic heterocycles. The Hall–Kier alpha value is -2.57. The van der Waals surface area contributed by atoms with Crippen LogP contribution in [0.5, 0.6) is 0 Å². The van der Waals surface area contributed by atoms with Crippen LogP contribution in [0.2, 0.25) is 0 Å². The van der Waals surface area contributed by atoms with E-state index in [2.05, 4.69) is 38.5 Å². The Morgan fingerprint density at radius 2 is 1.96 bits per heavy atom. The number of rotatable bonds is 6. The first-order valence-electron chi connectivity index (χ1n) is 10.3. The molecule has 0 aliphatic carbocycles. The van der Waals surface area contributed by atoms with E-state index in [1.54, 1.807) is 0 Å². The molecule has 2 aromatic rings. The minimum atomic E-state index is 0.510. The molecule has 1 fully saturated rings. The fourth-order valence-corrected chi connectivity index (χ4v) is 3.32. The highest BCUT2D eigenvalue weighted by atomic mass is 16.4. The maximum atomic E-state index is 5.63. The van der Waals surface area contributed by atoms with Gasteiger partial charge in [-0.05, 0) is 51.3 Å². The summed E-state index contributed by atoms with van der Waals surface area (Å²) in [6.45, 7) is 10.0. The van der Waals surface area contributed by atoms with E-state index < -0.39 is 0 Å². The van der Waals surface area contributed by atoms with E-state index >= 15 is 0 Å². The summed E-state index contributed by atoms with van der Waals surface area (Å²) >= 11 is 0. The molecule has 0 saturated carbocycles. The predicted octanol–water partition coefficient (Wildman–Crippen LogP) is 3.32. The highest BCUT2D eigenvalue weighted by molar-refractivity contribution is 5.79. The first kappa shape index (κ1) is 20.2. The molecule has 0 bridgehead atoms. The van der Waals surface area contributed by atoms with Gasteiger partial charge in [-0.1, -0.05) is 12.8 Å². The minimum absolute atomic E-state index is 0.510. The maximum Gasteiger partial charge on any atom is 0.214 e. The van der Waals surface area contributed by atoms with Crippen LogP contribution in [0.1, 0.15) is 55.5 Å². The van der Waals surface area contributed by atoms with Crippen molar-refractivity contribution in [1.82, 2.24) is 20.6 Å². The van der Waals surface area contributed by atoms with Crippen LogP contribution in [-0.4, -0.2) is 35.6 Å². The molecule has 0 unspecified atom stereocenters. The third-order valence-electron chi connectivity index (χ3n) is 4.98. The lowest BCUT2D eigenvalue weighted by Gasteiger charge is -2.21. The zero-order valence-corrected chi connectivity index (χ0v) is 17.3. The lowest BCUT2D eigenvalue weighted by Crippen LogP contribution is -2.36. The summed E-state index contributed by atoms with van der Waals surface area (Å²) in [5.74, 6) is 3.35. The van der Waals surface area contributed by atoms with Gasteiger partial charge in [-0.2, -0.15) is 0 Å². The van der Waals surface area contributed by atoms with E-state index in [0.717, 1.165) is 48.4 Å².